The standard InChI is InChI=1S/C88H134N24O16/c1-7-52(6)75(112-85(125)66(39-50(2)3)106-82(122)68(41-54-44-97-60-28-13-11-25-57(54)60)101-73(115)47-99-87(127)74(51(4)5)111-80(120)64(32-18-22-38-92)104-86(126)71(48-113)110-77(117)59(93)27-15-19-35-89)88(128)105-65(33-34-72(94)114)79(119)108-69(42-55-45-98-61-29-14-12-26-58(55)61)83(123)107-67(40-53-23-9-8-10-24-53)81(121)109-70(43-56-46-96-49-100-56)84(124)103-63(31-17-21-37-91)78(118)102-62(76(95)116)30-16-20-36-90/h8-14,23-26,28-29,44-46,49-52,59,62-71,74-75,97-98,113H,7,15-22,27,30-43,47-48,89-93H2,1-6H3,(H2,94,114)(H2,95,116)(H,96,100)(H,99,127)(H,101,115)(H,102,118)(H,103,124)(H,104,126)(H,105,128)(H,106,122)(H,107,123)(H,108,119)(H,109,121)(H,110,117)(H,111,120)(H,112,125)/t52-,59-,62-,63-,64-,65-,66-,67-,68-,69-,70-,71-,74-,75-/m0/s1. The lowest BCUT2D eigenvalue weighted by atomic mass is 9.95. The van der Waals surface area contributed by atoms with Gasteiger partial charge in [-0.15, -0.1) is 0 Å². The van der Waals surface area contributed by atoms with E-state index < -0.39 is 205 Å². The Labute approximate surface area is 745 Å². The lowest BCUT2D eigenvalue weighted by molar-refractivity contribution is -0.136. The molecule has 3 heterocycles. The Morgan fingerprint density at radius 1 is 0.406 bits per heavy atom. The van der Waals surface area contributed by atoms with E-state index in [4.69, 9.17) is 40.1 Å². The maximum Gasteiger partial charge on any atom is 0.245 e. The third-order valence-electron chi connectivity index (χ3n) is 22.0. The predicted molar refractivity (Wildman–Crippen MR) is 481 cm³/mol. The summed E-state index contributed by atoms with van der Waals surface area (Å²) in [6.45, 7) is 9.85. The quantitative estimate of drug-likeness (QED) is 0.0182. The Hall–Kier alpha value is -12.2. The summed E-state index contributed by atoms with van der Waals surface area (Å²) in [6.07, 6.45) is 8.84. The minimum Gasteiger partial charge on any atom is -0.394 e. The number of imidazole rings is 1. The molecule has 0 fully saturated rings. The molecule has 31 N–H and O–H groups in total. The molecule has 0 unspecified atom stereocenters. The van der Waals surface area contributed by atoms with Crippen LogP contribution in [-0.2, 0) is 97.6 Å². The molecule has 40 heteroatoms. The van der Waals surface area contributed by atoms with Gasteiger partial charge in [-0.1, -0.05) is 121 Å². The number of rotatable bonds is 60. The molecule has 15 amide bonds. The van der Waals surface area contributed by atoms with Gasteiger partial charge in [0.15, 0.2) is 0 Å². The van der Waals surface area contributed by atoms with Crippen molar-refractivity contribution >= 4 is 110 Å². The summed E-state index contributed by atoms with van der Waals surface area (Å²) in [7, 11) is 0. The number of amides is 15. The Kier molecular flexibility index (Phi) is 44.7. The van der Waals surface area contributed by atoms with Crippen LogP contribution in [0.25, 0.3) is 21.8 Å². The van der Waals surface area contributed by atoms with Gasteiger partial charge in [0.2, 0.25) is 88.6 Å². The topological polar surface area (TPSA) is 675 Å². The molecule has 0 aliphatic heterocycles. The summed E-state index contributed by atoms with van der Waals surface area (Å²) in [6, 6.07) is 4.77. The summed E-state index contributed by atoms with van der Waals surface area (Å²) in [4.78, 5) is 228. The van der Waals surface area contributed by atoms with Gasteiger partial charge in [-0.3, -0.25) is 71.9 Å². The van der Waals surface area contributed by atoms with E-state index in [0.29, 0.717) is 109 Å². The minimum absolute atomic E-state index is 0.0330. The van der Waals surface area contributed by atoms with Gasteiger partial charge in [0, 0.05) is 78.2 Å². The van der Waals surface area contributed by atoms with E-state index in [2.05, 4.69) is 89.1 Å². The number of para-hydroxylation sites is 2. The van der Waals surface area contributed by atoms with Crippen molar-refractivity contribution in [3.63, 3.8) is 0 Å². The number of aliphatic hydroxyl groups is 1. The van der Waals surface area contributed by atoms with Crippen LogP contribution < -0.4 is 109 Å². The lowest BCUT2D eigenvalue weighted by Gasteiger charge is -2.30. The second-order valence-electron chi connectivity index (χ2n) is 33.1. The van der Waals surface area contributed by atoms with E-state index >= 15 is 28.8 Å². The van der Waals surface area contributed by atoms with Crippen molar-refractivity contribution in [1.29, 1.82) is 0 Å². The lowest BCUT2D eigenvalue weighted by Crippen LogP contribution is -2.62. The molecule has 6 rings (SSSR count). The molecule has 3 aromatic heterocycles. The fourth-order valence-corrected chi connectivity index (χ4v) is 14.5. The Morgan fingerprint density at radius 3 is 1.29 bits per heavy atom. The van der Waals surface area contributed by atoms with Crippen LogP contribution in [0.15, 0.2) is 104 Å². The largest absolute Gasteiger partial charge is 0.394 e. The van der Waals surface area contributed by atoms with Crippen LogP contribution in [0.2, 0.25) is 0 Å². The number of benzene rings is 3. The van der Waals surface area contributed by atoms with Crippen LogP contribution in [0, 0.1) is 17.8 Å². The molecule has 0 spiro atoms. The first-order chi connectivity index (χ1) is 61.2. The van der Waals surface area contributed by atoms with E-state index in [1.165, 1.54) is 12.5 Å². The predicted octanol–water partition coefficient (Wildman–Crippen LogP) is -2.09. The number of aromatic nitrogens is 4. The van der Waals surface area contributed by atoms with Crippen molar-refractivity contribution in [2.45, 2.75) is 249 Å². The molecule has 14 atom stereocenters. The molecule has 6 aromatic rings. The number of nitrogens with zero attached hydrogens (tertiary/aromatic N) is 1. The maximum absolute atomic E-state index is 15.4. The zero-order valence-electron chi connectivity index (χ0n) is 74.0. The van der Waals surface area contributed by atoms with Gasteiger partial charge in [0.05, 0.1) is 25.5 Å². The van der Waals surface area contributed by atoms with Crippen molar-refractivity contribution in [2.24, 2.45) is 57.9 Å². The first-order valence-electron chi connectivity index (χ1n) is 44.0. The zero-order chi connectivity index (χ0) is 93.9. The molecular weight excluding hydrogens is 1650 g/mol. The smallest absolute Gasteiger partial charge is 0.245 e. The summed E-state index contributed by atoms with van der Waals surface area (Å²) in [5.41, 5.74) is 43.7. The molecule has 128 heavy (non-hydrogen) atoms. The molecule has 702 valence electrons. The van der Waals surface area contributed by atoms with Gasteiger partial charge in [-0.2, -0.15) is 0 Å². The first-order valence-corrected chi connectivity index (χ1v) is 44.0. The third-order valence-corrected chi connectivity index (χ3v) is 22.0. The van der Waals surface area contributed by atoms with E-state index in [0.717, 1.165) is 0 Å². The number of nitrogens with one attached hydrogen (secondary N) is 16. The summed E-state index contributed by atoms with van der Waals surface area (Å²) in [5.74, 6) is -14.5. The number of hydrogen-bond acceptors (Lipinski definition) is 22. The van der Waals surface area contributed by atoms with Gasteiger partial charge in [0.25, 0.3) is 0 Å². The molecule has 0 bridgehead atoms. The molecule has 0 saturated heterocycles. The number of primary amides is 2. The average Bonchev–Trinajstić information content (AvgIpc) is 1.63. The average molecular weight is 1780 g/mol. The van der Waals surface area contributed by atoms with Crippen molar-refractivity contribution in [1.82, 2.24) is 89.1 Å². The van der Waals surface area contributed by atoms with Crippen LogP contribution in [0.3, 0.4) is 0 Å². The fraction of sp³-hybridized carbons (Fsp3) is 0.545. The van der Waals surface area contributed by atoms with Crippen LogP contribution in [-0.4, -0.2) is 232 Å². The number of nitrogens with two attached hydrogens (primary N) is 7. The molecule has 0 radical (unpaired) electrons. The molecule has 3 aromatic carbocycles. The normalized spacial score (nSPS) is 14.7. The Balaban J connectivity index is 1.25. The first kappa shape index (κ1) is 105. The highest BCUT2D eigenvalue weighted by molar-refractivity contribution is 6.01. The number of H-pyrrole nitrogens is 3. The van der Waals surface area contributed by atoms with Gasteiger partial charge in [-0.05, 0) is 156 Å². The summed E-state index contributed by atoms with van der Waals surface area (Å²) < 4.78 is 0. The number of unbranched alkanes of at least 4 members (excludes halogenated alkanes) is 4. The number of aliphatic hydroxyl groups excluding tert-OH is 1. The van der Waals surface area contributed by atoms with E-state index in [9.17, 15) is 48.3 Å². The van der Waals surface area contributed by atoms with Gasteiger partial charge >= 0.3 is 0 Å². The molecular formula is C88H134N24O16. The monoisotopic (exact) mass is 1780 g/mol. The van der Waals surface area contributed by atoms with E-state index in [1.54, 1.807) is 133 Å². The second-order valence-corrected chi connectivity index (χ2v) is 33.1. The van der Waals surface area contributed by atoms with E-state index in [1.807, 2.05) is 0 Å². The number of carbonyl (C=O) groups excluding carboxylic acids is 15. The second kappa shape index (κ2) is 54.7. The van der Waals surface area contributed by atoms with Gasteiger partial charge in [0.1, 0.15) is 72.5 Å². The maximum atomic E-state index is 15.4. The van der Waals surface area contributed by atoms with Crippen LogP contribution in [0.5, 0.6) is 0 Å². The van der Waals surface area contributed by atoms with Gasteiger partial charge < -0.3 is 129 Å². The summed E-state index contributed by atoms with van der Waals surface area (Å²) in [5, 5.41) is 46.5. The number of fused-ring (bicyclic) bond motifs is 2. The summed E-state index contributed by atoms with van der Waals surface area (Å²) >= 11 is 0. The highest BCUT2D eigenvalue weighted by atomic mass is 16.3. The minimum atomic E-state index is -1.67. The number of aromatic amines is 3. The zero-order valence-corrected chi connectivity index (χ0v) is 74.0. The number of carbonyl (C=O) groups is 15. The van der Waals surface area contributed by atoms with E-state index in [-0.39, 0.29) is 83.2 Å². The number of hydrogen-bond donors (Lipinski definition) is 24. The van der Waals surface area contributed by atoms with Crippen LogP contribution >= 0.6 is 0 Å². The third kappa shape index (κ3) is 34.5. The van der Waals surface area contributed by atoms with Crippen molar-refractivity contribution in [2.75, 3.05) is 39.3 Å². The van der Waals surface area contributed by atoms with Crippen LogP contribution in [0.4, 0.5) is 0 Å². The van der Waals surface area contributed by atoms with Crippen molar-refractivity contribution in [3.8, 4) is 0 Å². The molecule has 0 saturated carbocycles. The SMILES string of the molecule is CC[C@H](C)[C@H](NC(=O)[C@H](CC(C)C)NC(=O)[C@H](Cc1c[nH]c2ccccc12)NC(=O)CNC(=O)[C@@H](NC(=O)[C@H](CCCCN)NC(=O)[C@H](CO)NC(=O)[C@@H](N)CCCCN)C(C)C)C(=O)N[C@@H](CCC(N)=O)C(=O)N[C@@H](Cc1c[nH]c2ccccc12)C(=O)N[C@@H](Cc1ccccc1)C(=O)N[C@@H](Cc1cnc[nH]1)C(=O)N[C@@H](CCCCN)C(=O)N[C@@H](CCCCN)C(N)=O. The highest BCUT2D eigenvalue weighted by Crippen LogP contribution is 2.23. The van der Waals surface area contributed by atoms with Crippen molar-refractivity contribution in [3.05, 3.63) is 126 Å². The van der Waals surface area contributed by atoms with Crippen LogP contribution in [0.1, 0.15) is 167 Å². The molecule has 40 nitrogen and oxygen atoms in total. The Morgan fingerprint density at radius 2 is 0.812 bits per heavy atom. The molecule has 0 aliphatic rings. The molecule has 0 aliphatic carbocycles. The Bertz CT molecular complexity index is 4600. The fourth-order valence-electron chi connectivity index (χ4n) is 14.5. The highest BCUT2D eigenvalue weighted by Gasteiger charge is 2.39. The van der Waals surface area contributed by atoms with Gasteiger partial charge in [-0.25, -0.2) is 4.98 Å². The van der Waals surface area contributed by atoms with Crippen molar-refractivity contribution < 1.29 is 77.0 Å².